The number of hydrogen-bond acceptors (Lipinski definition) is 2. The monoisotopic (exact) mass is 397 g/mol. The lowest BCUT2D eigenvalue weighted by atomic mass is 9.98. The highest BCUT2D eigenvalue weighted by molar-refractivity contribution is 6.08. The van der Waals surface area contributed by atoms with E-state index in [4.69, 9.17) is 0 Å². The summed E-state index contributed by atoms with van der Waals surface area (Å²) in [6.45, 7) is 7.21. The maximum absolute atomic E-state index is 13.4. The van der Waals surface area contributed by atoms with Crippen LogP contribution in [0.3, 0.4) is 0 Å². The highest BCUT2D eigenvalue weighted by Crippen LogP contribution is 2.27. The molecule has 30 heavy (non-hydrogen) atoms. The van der Waals surface area contributed by atoms with Gasteiger partial charge in [0.25, 0.3) is 5.91 Å². The Hall–Kier alpha value is -3.11. The van der Waals surface area contributed by atoms with Gasteiger partial charge in [0, 0.05) is 42.7 Å². The van der Waals surface area contributed by atoms with Gasteiger partial charge >= 0.3 is 0 Å². The number of nitrogens with zero attached hydrogens (tertiary/aromatic N) is 1. The van der Waals surface area contributed by atoms with Crippen LogP contribution in [0.15, 0.2) is 66.9 Å². The molecule has 1 aliphatic rings. The first-order valence-corrected chi connectivity index (χ1v) is 10.7. The number of carbonyl (C=O) groups is 1. The molecule has 0 spiro atoms. The van der Waals surface area contributed by atoms with Crippen LogP contribution in [0.4, 0.5) is 0 Å². The quantitative estimate of drug-likeness (QED) is 0.507. The number of nitrogens with one attached hydrogen (secondary N) is 2. The fourth-order valence-electron chi connectivity index (χ4n) is 4.57. The predicted octanol–water partition coefficient (Wildman–Crippen LogP) is 4.81. The first-order valence-electron chi connectivity index (χ1n) is 10.7. The molecule has 1 fully saturated rings. The van der Waals surface area contributed by atoms with E-state index < -0.39 is 0 Å². The lowest BCUT2D eigenvalue weighted by Crippen LogP contribution is -2.44. The molecule has 1 saturated heterocycles. The van der Waals surface area contributed by atoms with E-state index in [2.05, 4.69) is 76.9 Å². The van der Waals surface area contributed by atoms with E-state index in [1.807, 2.05) is 19.1 Å². The Bertz CT molecular complexity index is 1230. The summed E-state index contributed by atoms with van der Waals surface area (Å²) in [6, 6.07) is 20.8. The summed E-state index contributed by atoms with van der Waals surface area (Å²) in [7, 11) is 0. The summed E-state index contributed by atoms with van der Waals surface area (Å²) in [6.07, 6.45) is 2.12. The third-order valence-electron chi connectivity index (χ3n) is 6.35. The molecular weight excluding hydrogens is 370 g/mol. The second kappa shape index (κ2) is 7.62. The highest BCUT2D eigenvalue weighted by Gasteiger charge is 2.21. The van der Waals surface area contributed by atoms with Crippen molar-refractivity contribution in [1.82, 2.24) is 15.2 Å². The van der Waals surface area contributed by atoms with Gasteiger partial charge in [0.05, 0.1) is 11.6 Å². The minimum absolute atomic E-state index is 0.0124. The zero-order chi connectivity index (χ0) is 20.7. The predicted molar refractivity (Wildman–Crippen MR) is 123 cm³/mol. The van der Waals surface area contributed by atoms with E-state index in [0.717, 1.165) is 47.2 Å². The van der Waals surface area contributed by atoms with Gasteiger partial charge in [0.15, 0.2) is 0 Å². The largest absolute Gasteiger partial charge is 0.347 e. The van der Waals surface area contributed by atoms with Gasteiger partial charge in [-0.25, -0.2) is 0 Å². The number of benzene rings is 3. The van der Waals surface area contributed by atoms with Crippen molar-refractivity contribution in [1.29, 1.82) is 0 Å². The van der Waals surface area contributed by atoms with Gasteiger partial charge < -0.3 is 15.2 Å². The molecule has 1 aliphatic heterocycles. The Balaban J connectivity index is 1.46. The molecule has 1 aromatic heterocycles. The lowest BCUT2D eigenvalue weighted by molar-refractivity contribution is 0.0941. The number of aryl methyl sites for hydroxylation is 1. The summed E-state index contributed by atoms with van der Waals surface area (Å²) < 4.78 is 2.28. The van der Waals surface area contributed by atoms with Crippen molar-refractivity contribution < 1.29 is 4.79 Å². The average molecular weight is 398 g/mol. The number of carbonyl (C=O) groups excluding carboxylic acids is 1. The summed E-state index contributed by atoms with van der Waals surface area (Å²) in [4.78, 5) is 13.4. The summed E-state index contributed by atoms with van der Waals surface area (Å²) in [5.74, 6) is 0.659. The maximum atomic E-state index is 13.4. The second-order valence-electron chi connectivity index (χ2n) is 8.45. The van der Waals surface area contributed by atoms with E-state index in [9.17, 15) is 4.79 Å². The zero-order valence-electron chi connectivity index (χ0n) is 17.5. The van der Waals surface area contributed by atoms with E-state index in [1.54, 1.807) is 0 Å². The number of hydrogen-bond donors (Lipinski definition) is 2. The van der Waals surface area contributed by atoms with Crippen molar-refractivity contribution in [3.63, 3.8) is 0 Å². The van der Waals surface area contributed by atoms with Crippen LogP contribution in [0.2, 0.25) is 0 Å². The zero-order valence-corrected chi connectivity index (χ0v) is 17.5. The average Bonchev–Trinajstić information content (AvgIpc) is 3.12. The van der Waals surface area contributed by atoms with Gasteiger partial charge in [-0.05, 0) is 47.9 Å². The van der Waals surface area contributed by atoms with Gasteiger partial charge in [0.2, 0.25) is 0 Å². The van der Waals surface area contributed by atoms with E-state index in [-0.39, 0.29) is 11.9 Å². The minimum atomic E-state index is -0.0820. The normalized spacial score (nSPS) is 15.3. The van der Waals surface area contributed by atoms with Gasteiger partial charge in [-0.1, -0.05) is 48.5 Å². The van der Waals surface area contributed by atoms with E-state index in [1.165, 1.54) is 10.8 Å². The molecule has 2 N–H and O–H groups in total. The Morgan fingerprint density at radius 2 is 1.87 bits per heavy atom. The van der Waals surface area contributed by atoms with Crippen molar-refractivity contribution in [2.75, 3.05) is 13.1 Å². The van der Waals surface area contributed by atoms with Gasteiger partial charge in [-0.3, -0.25) is 4.79 Å². The standard InChI is InChI=1S/C26H27N3O/c1-17-10-11-24-23(12-13-29(24)16-19-14-27-15-19)25(17)26(30)28-18(2)21-9-5-7-20-6-3-4-8-22(20)21/h3-13,18-19,27H,14-16H2,1-2H3,(H,28,30). The van der Waals surface area contributed by atoms with Crippen LogP contribution in [0.25, 0.3) is 21.7 Å². The molecule has 0 radical (unpaired) electrons. The second-order valence-corrected chi connectivity index (χ2v) is 8.45. The van der Waals surface area contributed by atoms with Crippen LogP contribution in [0.1, 0.15) is 34.5 Å². The van der Waals surface area contributed by atoms with Crippen LogP contribution in [-0.2, 0) is 6.54 Å². The van der Waals surface area contributed by atoms with Gasteiger partial charge in [-0.2, -0.15) is 0 Å². The third-order valence-corrected chi connectivity index (χ3v) is 6.35. The molecule has 152 valence electrons. The van der Waals surface area contributed by atoms with Crippen molar-refractivity contribution in [2.45, 2.75) is 26.4 Å². The van der Waals surface area contributed by atoms with Crippen molar-refractivity contribution in [3.8, 4) is 0 Å². The Morgan fingerprint density at radius 1 is 1.07 bits per heavy atom. The Kier molecular flexibility index (Phi) is 4.80. The molecule has 4 nitrogen and oxygen atoms in total. The first-order chi connectivity index (χ1) is 14.6. The molecule has 4 heteroatoms. The van der Waals surface area contributed by atoms with Crippen molar-refractivity contribution in [3.05, 3.63) is 83.6 Å². The van der Waals surface area contributed by atoms with Crippen molar-refractivity contribution >= 4 is 27.6 Å². The molecule has 1 atom stereocenters. The van der Waals surface area contributed by atoms with Crippen LogP contribution in [0.5, 0.6) is 0 Å². The number of fused-ring (bicyclic) bond motifs is 2. The topological polar surface area (TPSA) is 46.1 Å². The summed E-state index contributed by atoms with van der Waals surface area (Å²) in [5.41, 5.74) is 4.06. The number of rotatable bonds is 5. The third kappa shape index (κ3) is 3.27. The molecule has 0 aliphatic carbocycles. The minimum Gasteiger partial charge on any atom is -0.347 e. The molecule has 2 heterocycles. The SMILES string of the molecule is Cc1ccc2c(ccn2CC2CNC2)c1C(=O)NC(C)c1cccc2ccccc12. The number of amides is 1. The fraction of sp³-hybridized carbons (Fsp3) is 0.269. The smallest absolute Gasteiger partial charge is 0.252 e. The van der Waals surface area contributed by atoms with Crippen LogP contribution < -0.4 is 10.6 Å². The van der Waals surface area contributed by atoms with Gasteiger partial charge in [-0.15, -0.1) is 0 Å². The fourth-order valence-corrected chi connectivity index (χ4v) is 4.57. The van der Waals surface area contributed by atoms with E-state index in [0.29, 0.717) is 5.92 Å². The molecular formula is C26H27N3O. The summed E-state index contributed by atoms with van der Waals surface area (Å²) >= 11 is 0. The van der Waals surface area contributed by atoms with Crippen LogP contribution >= 0.6 is 0 Å². The Labute approximate surface area is 176 Å². The molecule has 1 amide bonds. The van der Waals surface area contributed by atoms with Crippen molar-refractivity contribution in [2.24, 2.45) is 5.92 Å². The van der Waals surface area contributed by atoms with Gasteiger partial charge in [0.1, 0.15) is 0 Å². The summed E-state index contributed by atoms with van der Waals surface area (Å²) in [5, 5.41) is 9.99. The maximum Gasteiger partial charge on any atom is 0.252 e. The highest BCUT2D eigenvalue weighted by atomic mass is 16.1. The first kappa shape index (κ1) is 18.9. The van der Waals surface area contributed by atoms with Crippen LogP contribution in [-0.4, -0.2) is 23.6 Å². The van der Waals surface area contributed by atoms with E-state index >= 15 is 0 Å². The molecule has 0 bridgehead atoms. The molecule has 1 unspecified atom stereocenters. The molecule has 3 aromatic carbocycles. The lowest BCUT2D eigenvalue weighted by Gasteiger charge is -2.27. The molecule has 5 rings (SSSR count). The van der Waals surface area contributed by atoms with Crippen LogP contribution in [0, 0.1) is 12.8 Å². The Morgan fingerprint density at radius 3 is 2.67 bits per heavy atom. The molecule has 4 aromatic rings. The molecule has 0 saturated carbocycles. The number of aromatic nitrogens is 1.